The van der Waals surface area contributed by atoms with Crippen LogP contribution in [-0.2, 0) is 6.42 Å². The van der Waals surface area contributed by atoms with Gasteiger partial charge in [-0.15, -0.1) is 6.58 Å². The van der Waals surface area contributed by atoms with Crippen molar-refractivity contribution in [1.29, 1.82) is 0 Å². The van der Waals surface area contributed by atoms with E-state index in [-0.39, 0.29) is 0 Å². The van der Waals surface area contributed by atoms with Gasteiger partial charge in [-0.2, -0.15) is 0 Å². The highest BCUT2D eigenvalue weighted by molar-refractivity contribution is 5.40. The highest BCUT2D eigenvalue weighted by Crippen LogP contribution is 2.19. The number of benzene rings is 1. The lowest BCUT2D eigenvalue weighted by Crippen LogP contribution is -1.94. The van der Waals surface area contributed by atoms with Crippen LogP contribution in [0.25, 0.3) is 0 Å². The van der Waals surface area contributed by atoms with Crippen LogP contribution in [0.1, 0.15) is 43.4 Å². The molecule has 1 aromatic rings. The summed E-state index contributed by atoms with van der Waals surface area (Å²) in [5, 5.41) is 0. The summed E-state index contributed by atoms with van der Waals surface area (Å²) in [6, 6.07) is 6.81. The van der Waals surface area contributed by atoms with Crippen LogP contribution in [0.4, 0.5) is 0 Å². The fraction of sp³-hybridized carbons (Fsp3) is 0.400. The topological polar surface area (TPSA) is 0 Å². The third-order valence-electron chi connectivity index (χ3n) is 2.72. The van der Waals surface area contributed by atoms with E-state index in [0.29, 0.717) is 0 Å². The Kier molecular flexibility index (Phi) is 4.61. The first-order chi connectivity index (χ1) is 7.17. The second-order valence-electron chi connectivity index (χ2n) is 4.20. The van der Waals surface area contributed by atoms with Crippen LogP contribution in [0.5, 0.6) is 0 Å². The van der Waals surface area contributed by atoms with Crippen molar-refractivity contribution in [3.05, 3.63) is 53.5 Å². The van der Waals surface area contributed by atoms with Crippen molar-refractivity contribution in [2.45, 2.75) is 40.0 Å². The summed E-state index contributed by atoms with van der Waals surface area (Å²) >= 11 is 0. The summed E-state index contributed by atoms with van der Waals surface area (Å²) in [6.45, 7) is 10.3. The average Bonchev–Trinajstić information content (AvgIpc) is 2.24. The van der Waals surface area contributed by atoms with E-state index in [0.717, 1.165) is 0 Å². The predicted molar refractivity (Wildman–Crippen MR) is 68.0 cm³/mol. The number of aryl methyl sites for hydroxylation is 2. The second kappa shape index (κ2) is 5.75. The zero-order valence-corrected chi connectivity index (χ0v) is 10.1. The quantitative estimate of drug-likeness (QED) is 0.659. The molecule has 0 unspecified atom stereocenters. The van der Waals surface area contributed by atoms with Gasteiger partial charge in [0.1, 0.15) is 0 Å². The molecule has 1 aromatic carbocycles. The SMILES string of the molecule is C=C[C](C)c1cc(C)cc(CCCC)c1. The molecular weight excluding hydrogens is 180 g/mol. The van der Waals surface area contributed by atoms with E-state index >= 15 is 0 Å². The molecule has 0 saturated carbocycles. The fourth-order valence-electron chi connectivity index (χ4n) is 1.73. The Labute approximate surface area is 94.0 Å². The molecule has 0 aliphatic rings. The van der Waals surface area contributed by atoms with Crippen molar-refractivity contribution in [1.82, 2.24) is 0 Å². The van der Waals surface area contributed by atoms with Crippen molar-refractivity contribution in [2.24, 2.45) is 0 Å². The van der Waals surface area contributed by atoms with Crippen LogP contribution in [0.3, 0.4) is 0 Å². The Balaban J connectivity index is 2.89. The highest BCUT2D eigenvalue weighted by Gasteiger charge is 2.04. The fourth-order valence-corrected chi connectivity index (χ4v) is 1.73. The minimum atomic E-state index is 1.19. The van der Waals surface area contributed by atoms with Gasteiger partial charge in [-0.3, -0.25) is 0 Å². The smallest absolute Gasteiger partial charge is 0.0230 e. The van der Waals surface area contributed by atoms with Crippen molar-refractivity contribution >= 4 is 0 Å². The minimum absolute atomic E-state index is 1.19. The Morgan fingerprint density at radius 3 is 2.67 bits per heavy atom. The van der Waals surface area contributed by atoms with Crippen LogP contribution in [0.15, 0.2) is 30.9 Å². The maximum absolute atomic E-state index is 3.82. The summed E-state index contributed by atoms with van der Waals surface area (Å²) < 4.78 is 0. The number of unbranched alkanes of at least 4 members (excludes halogenated alkanes) is 1. The van der Waals surface area contributed by atoms with Gasteiger partial charge in [-0.25, -0.2) is 0 Å². The molecule has 0 spiro atoms. The maximum atomic E-state index is 3.82. The number of allylic oxidation sites excluding steroid dienone is 1. The molecule has 0 aliphatic heterocycles. The summed E-state index contributed by atoms with van der Waals surface area (Å²) in [4.78, 5) is 0. The molecule has 0 atom stereocenters. The molecule has 1 radical (unpaired) electrons. The van der Waals surface area contributed by atoms with Crippen molar-refractivity contribution in [3.8, 4) is 0 Å². The molecule has 0 N–H and O–H groups in total. The number of hydrogen-bond donors (Lipinski definition) is 0. The van der Waals surface area contributed by atoms with E-state index in [4.69, 9.17) is 0 Å². The van der Waals surface area contributed by atoms with Gasteiger partial charge in [-0.05, 0) is 30.9 Å². The van der Waals surface area contributed by atoms with Gasteiger partial charge < -0.3 is 0 Å². The zero-order valence-electron chi connectivity index (χ0n) is 10.1. The summed E-state index contributed by atoms with van der Waals surface area (Å²) in [5.41, 5.74) is 4.11. The van der Waals surface area contributed by atoms with Gasteiger partial charge in [0.25, 0.3) is 0 Å². The van der Waals surface area contributed by atoms with E-state index in [9.17, 15) is 0 Å². The van der Waals surface area contributed by atoms with Crippen LogP contribution in [-0.4, -0.2) is 0 Å². The Bertz CT molecular complexity index is 323. The van der Waals surface area contributed by atoms with Crippen molar-refractivity contribution < 1.29 is 0 Å². The summed E-state index contributed by atoms with van der Waals surface area (Å²) in [6.07, 6.45) is 5.65. The molecule has 0 aliphatic carbocycles. The first-order valence-electron chi connectivity index (χ1n) is 5.74. The molecule has 1 rings (SSSR count). The third-order valence-corrected chi connectivity index (χ3v) is 2.72. The van der Waals surface area contributed by atoms with Gasteiger partial charge in [-0.1, -0.05) is 50.1 Å². The normalized spacial score (nSPS) is 10.7. The maximum Gasteiger partial charge on any atom is 0.0230 e. The number of rotatable bonds is 5. The minimum Gasteiger partial charge on any atom is -0.102 e. The van der Waals surface area contributed by atoms with E-state index < -0.39 is 0 Å². The van der Waals surface area contributed by atoms with Crippen LogP contribution in [0.2, 0.25) is 0 Å². The Morgan fingerprint density at radius 1 is 1.33 bits per heavy atom. The molecule has 0 amide bonds. The average molecular weight is 201 g/mol. The first-order valence-corrected chi connectivity index (χ1v) is 5.74. The van der Waals surface area contributed by atoms with Crippen LogP contribution in [0, 0.1) is 12.8 Å². The van der Waals surface area contributed by atoms with Crippen molar-refractivity contribution in [2.75, 3.05) is 0 Å². The lowest BCUT2D eigenvalue weighted by molar-refractivity contribution is 0.794. The number of hydrogen-bond acceptors (Lipinski definition) is 0. The van der Waals surface area contributed by atoms with Gasteiger partial charge in [0.05, 0.1) is 0 Å². The predicted octanol–water partition coefficient (Wildman–Crippen LogP) is 4.47. The molecule has 15 heavy (non-hydrogen) atoms. The van der Waals surface area contributed by atoms with Gasteiger partial charge >= 0.3 is 0 Å². The molecule has 0 saturated heterocycles. The molecule has 0 fully saturated rings. The summed E-state index contributed by atoms with van der Waals surface area (Å²) in [7, 11) is 0. The molecule has 0 heterocycles. The van der Waals surface area contributed by atoms with E-state index in [1.54, 1.807) is 0 Å². The monoisotopic (exact) mass is 201 g/mol. The Morgan fingerprint density at radius 2 is 2.07 bits per heavy atom. The van der Waals surface area contributed by atoms with Crippen LogP contribution < -0.4 is 0 Å². The Hall–Kier alpha value is -1.04. The highest BCUT2D eigenvalue weighted by atomic mass is 14.1. The largest absolute Gasteiger partial charge is 0.102 e. The molecule has 0 aromatic heterocycles. The van der Waals surface area contributed by atoms with Gasteiger partial charge in [0, 0.05) is 5.92 Å². The molecule has 0 bridgehead atoms. The molecular formula is C15H21. The van der Waals surface area contributed by atoms with Crippen molar-refractivity contribution in [3.63, 3.8) is 0 Å². The lowest BCUT2D eigenvalue weighted by atomic mass is 9.95. The van der Waals surface area contributed by atoms with E-state index in [1.807, 2.05) is 6.08 Å². The lowest BCUT2D eigenvalue weighted by Gasteiger charge is -2.10. The zero-order chi connectivity index (χ0) is 11.3. The second-order valence-corrected chi connectivity index (χ2v) is 4.20. The first kappa shape index (κ1) is 12.0. The molecule has 81 valence electrons. The third kappa shape index (κ3) is 3.54. The summed E-state index contributed by atoms with van der Waals surface area (Å²) in [5.74, 6) is 1.26. The standard InChI is InChI=1S/C15H21/c1-5-7-8-14-9-12(3)10-15(11-14)13(4)6-2/h6,9-11H,2,5,7-8H2,1,3-4H3. The van der Waals surface area contributed by atoms with Crippen LogP contribution >= 0.6 is 0 Å². The van der Waals surface area contributed by atoms with E-state index in [1.165, 1.54) is 41.9 Å². The van der Waals surface area contributed by atoms with Gasteiger partial charge in [0.2, 0.25) is 0 Å². The van der Waals surface area contributed by atoms with E-state index in [2.05, 4.69) is 45.5 Å². The van der Waals surface area contributed by atoms with Gasteiger partial charge in [0.15, 0.2) is 0 Å². The molecule has 0 nitrogen and oxygen atoms in total. The molecule has 0 heteroatoms.